The molecule has 3 unspecified atom stereocenters. The third-order valence-corrected chi connectivity index (χ3v) is 5.32. The van der Waals surface area contributed by atoms with Crippen LogP contribution in [0.15, 0.2) is 9.98 Å². The Labute approximate surface area is 101 Å². The van der Waals surface area contributed by atoms with E-state index in [1.54, 1.807) is 11.3 Å². The van der Waals surface area contributed by atoms with E-state index >= 15 is 0 Å². The molecule has 3 nitrogen and oxygen atoms in total. The molecule has 3 heterocycles. The highest BCUT2D eigenvalue weighted by Gasteiger charge is 2.47. The summed E-state index contributed by atoms with van der Waals surface area (Å²) in [7, 11) is 0. The van der Waals surface area contributed by atoms with Gasteiger partial charge in [-0.25, -0.2) is 4.98 Å². The molecule has 0 spiro atoms. The Hall–Kier alpha value is 0.0300. The monoisotopic (exact) mass is 288 g/mol. The standard InChI is InChI=1S/C10H13BrN2OS/c11-8-6-15-9(12-8)10(14)2-4-13-3-1-7(10)5-13/h6-7,14H,1-5H2. The molecule has 5 heteroatoms. The third kappa shape index (κ3) is 1.56. The van der Waals surface area contributed by atoms with Gasteiger partial charge in [-0.05, 0) is 35.3 Å². The van der Waals surface area contributed by atoms with Gasteiger partial charge in [-0.3, -0.25) is 0 Å². The summed E-state index contributed by atoms with van der Waals surface area (Å²) in [6.45, 7) is 3.18. The van der Waals surface area contributed by atoms with E-state index in [1.807, 2.05) is 5.38 Å². The molecule has 1 N–H and O–H groups in total. The number of hydrogen-bond acceptors (Lipinski definition) is 4. The Kier molecular flexibility index (Phi) is 2.39. The Balaban J connectivity index is 1.95. The topological polar surface area (TPSA) is 36.4 Å². The fourth-order valence-electron chi connectivity index (χ4n) is 2.69. The number of thiazole rings is 1. The summed E-state index contributed by atoms with van der Waals surface area (Å²) >= 11 is 4.92. The second-order valence-electron chi connectivity index (χ2n) is 4.44. The van der Waals surface area contributed by atoms with Gasteiger partial charge in [0, 0.05) is 24.4 Å². The fraction of sp³-hybridized carbons (Fsp3) is 0.700. The molecule has 2 aliphatic heterocycles. The predicted octanol–water partition coefficient (Wildman–Crippen LogP) is 1.82. The molecule has 0 saturated carbocycles. The van der Waals surface area contributed by atoms with Crippen LogP contribution in [0.25, 0.3) is 0 Å². The van der Waals surface area contributed by atoms with Gasteiger partial charge in [0.1, 0.15) is 15.2 Å². The first-order valence-corrected chi connectivity index (χ1v) is 6.92. The second kappa shape index (κ2) is 3.52. The molecular weight excluding hydrogens is 276 g/mol. The van der Waals surface area contributed by atoms with Crippen LogP contribution < -0.4 is 0 Å². The van der Waals surface area contributed by atoms with Crippen LogP contribution in [0, 0.1) is 5.92 Å². The van der Waals surface area contributed by atoms with Gasteiger partial charge >= 0.3 is 0 Å². The lowest BCUT2D eigenvalue weighted by Crippen LogP contribution is -2.44. The molecule has 0 radical (unpaired) electrons. The summed E-state index contributed by atoms with van der Waals surface area (Å²) < 4.78 is 0.844. The Morgan fingerprint density at radius 3 is 3.20 bits per heavy atom. The van der Waals surface area contributed by atoms with Gasteiger partial charge in [0.15, 0.2) is 0 Å². The maximum atomic E-state index is 10.7. The first-order chi connectivity index (χ1) is 7.18. The van der Waals surface area contributed by atoms with Gasteiger partial charge in [-0.1, -0.05) is 0 Å². The summed E-state index contributed by atoms with van der Waals surface area (Å²) in [6.07, 6.45) is 1.94. The highest BCUT2D eigenvalue weighted by molar-refractivity contribution is 9.10. The van der Waals surface area contributed by atoms with E-state index in [0.29, 0.717) is 5.92 Å². The van der Waals surface area contributed by atoms with E-state index in [1.165, 1.54) is 0 Å². The van der Waals surface area contributed by atoms with Crippen LogP contribution in [0.3, 0.4) is 0 Å². The summed E-state index contributed by atoms with van der Waals surface area (Å²) in [6, 6.07) is 0. The van der Waals surface area contributed by atoms with Crippen molar-refractivity contribution in [3.05, 3.63) is 15.0 Å². The summed E-state index contributed by atoms with van der Waals surface area (Å²) in [5, 5.41) is 13.6. The predicted molar refractivity (Wildman–Crippen MR) is 62.9 cm³/mol. The molecule has 2 fully saturated rings. The zero-order chi connectivity index (χ0) is 10.5. The quantitative estimate of drug-likeness (QED) is 0.856. The van der Waals surface area contributed by atoms with Crippen LogP contribution in [0.2, 0.25) is 0 Å². The van der Waals surface area contributed by atoms with Crippen LogP contribution in [-0.2, 0) is 5.60 Å². The second-order valence-corrected chi connectivity index (χ2v) is 6.11. The van der Waals surface area contributed by atoms with Crippen molar-refractivity contribution in [1.29, 1.82) is 0 Å². The van der Waals surface area contributed by atoms with E-state index < -0.39 is 5.60 Å². The van der Waals surface area contributed by atoms with E-state index in [9.17, 15) is 5.11 Å². The van der Waals surface area contributed by atoms with Crippen LogP contribution in [0.5, 0.6) is 0 Å². The van der Waals surface area contributed by atoms with Gasteiger partial charge in [-0.2, -0.15) is 0 Å². The molecule has 1 aromatic heterocycles. The van der Waals surface area contributed by atoms with Crippen LogP contribution >= 0.6 is 27.3 Å². The molecule has 3 rings (SSSR count). The van der Waals surface area contributed by atoms with Gasteiger partial charge < -0.3 is 10.0 Å². The molecule has 0 aromatic carbocycles. The molecule has 2 bridgehead atoms. The highest BCUT2D eigenvalue weighted by atomic mass is 79.9. The third-order valence-electron chi connectivity index (χ3n) is 3.60. The highest BCUT2D eigenvalue weighted by Crippen LogP contribution is 2.43. The lowest BCUT2D eigenvalue weighted by Gasteiger charge is -2.37. The molecule has 3 atom stereocenters. The van der Waals surface area contributed by atoms with Gasteiger partial charge in [-0.15, -0.1) is 11.3 Å². The number of aliphatic hydroxyl groups is 1. The van der Waals surface area contributed by atoms with E-state index in [2.05, 4.69) is 25.8 Å². The minimum atomic E-state index is -0.663. The summed E-state index contributed by atoms with van der Waals surface area (Å²) in [5.41, 5.74) is -0.663. The Bertz CT molecular complexity index is 383. The summed E-state index contributed by atoms with van der Waals surface area (Å²) in [5.74, 6) is 0.379. The van der Waals surface area contributed by atoms with Crippen LogP contribution in [0.4, 0.5) is 0 Å². The Morgan fingerprint density at radius 1 is 1.60 bits per heavy atom. The van der Waals surface area contributed by atoms with Crippen LogP contribution in [0.1, 0.15) is 17.8 Å². The molecule has 2 aliphatic rings. The van der Waals surface area contributed by atoms with E-state index in [0.717, 1.165) is 42.1 Å². The molecule has 1 aromatic rings. The van der Waals surface area contributed by atoms with Crippen molar-refractivity contribution in [1.82, 2.24) is 9.88 Å². The average molecular weight is 289 g/mol. The van der Waals surface area contributed by atoms with Crippen molar-refractivity contribution in [2.75, 3.05) is 19.6 Å². The number of piperidine rings is 1. The van der Waals surface area contributed by atoms with Crippen molar-refractivity contribution in [3.8, 4) is 0 Å². The number of nitrogens with zero attached hydrogens (tertiary/aromatic N) is 2. The van der Waals surface area contributed by atoms with Gasteiger partial charge in [0.2, 0.25) is 0 Å². The smallest absolute Gasteiger partial charge is 0.126 e. The van der Waals surface area contributed by atoms with Crippen molar-refractivity contribution in [3.63, 3.8) is 0 Å². The normalized spacial score (nSPS) is 39.6. The number of fused-ring (bicyclic) bond motifs is 2. The van der Waals surface area contributed by atoms with E-state index in [4.69, 9.17) is 0 Å². The molecule has 2 saturated heterocycles. The lowest BCUT2D eigenvalue weighted by molar-refractivity contribution is -0.0504. The van der Waals surface area contributed by atoms with Gasteiger partial charge in [0.25, 0.3) is 0 Å². The number of halogens is 1. The minimum absolute atomic E-state index is 0.379. The molecule has 82 valence electrons. The fourth-order valence-corrected chi connectivity index (χ4v) is 4.15. The molecular formula is C10H13BrN2OS. The van der Waals surface area contributed by atoms with Crippen LogP contribution in [-0.4, -0.2) is 34.6 Å². The minimum Gasteiger partial charge on any atom is -0.382 e. The zero-order valence-electron chi connectivity index (χ0n) is 8.32. The van der Waals surface area contributed by atoms with Crippen molar-refractivity contribution in [2.45, 2.75) is 18.4 Å². The average Bonchev–Trinajstić information content (AvgIpc) is 2.81. The van der Waals surface area contributed by atoms with Crippen molar-refractivity contribution >= 4 is 27.3 Å². The zero-order valence-corrected chi connectivity index (χ0v) is 10.7. The molecule has 0 amide bonds. The van der Waals surface area contributed by atoms with E-state index in [-0.39, 0.29) is 0 Å². The maximum Gasteiger partial charge on any atom is 0.126 e. The lowest BCUT2D eigenvalue weighted by atomic mass is 9.83. The SMILES string of the molecule is OC1(c2nc(Br)cs2)CCN2CCC1C2. The van der Waals surface area contributed by atoms with Crippen molar-refractivity contribution in [2.24, 2.45) is 5.92 Å². The first-order valence-electron chi connectivity index (χ1n) is 5.25. The van der Waals surface area contributed by atoms with Gasteiger partial charge in [0.05, 0.1) is 0 Å². The number of rotatable bonds is 1. The first kappa shape index (κ1) is 10.2. The largest absolute Gasteiger partial charge is 0.382 e. The Morgan fingerprint density at radius 2 is 2.47 bits per heavy atom. The summed E-state index contributed by atoms with van der Waals surface area (Å²) in [4.78, 5) is 6.82. The van der Waals surface area contributed by atoms with Crippen molar-refractivity contribution < 1.29 is 5.11 Å². The number of hydrogen-bond donors (Lipinski definition) is 1. The number of aromatic nitrogens is 1. The molecule has 0 aliphatic carbocycles. The molecule has 15 heavy (non-hydrogen) atoms. The maximum absolute atomic E-state index is 10.7.